The van der Waals surface area contributed by atoms with Gasteiger partial charge in [0.05, 0.1) is 0 Å². The van der Waals surface area contributed by atoms with Crippen molar-refractivity contribution in [2.45, 2.75) is 39.9 Å². The van der Waals surface area contributed by atoms with Gasteiger partial charge in [0.25, 0.3) is 0 Å². The number of ether oxygens (including phenoxy) is 1. The summed E-state index contributed by atoms with van der Waals surface area (Å²) >= 11 is 2.16. The summed E-state index contributed by atoms with van der Waals surface area (Å²) < 4.78 is 102. The van der Waals surface area contributed by atoms with E-state index in [1.54, 1.807) is 30.6 Å². The van der Waals surface area contributed by atoms with Gasteiger partial charge in [0, 0.05) is 12.4 Å². The number of hydrogen-bond donors (Lipinski definition) is 0. The van der Waals surface area contributed by atoms with E-state index in [1.807, 2.05) is 108 Å². The minimum absolute atomic E-state index is 0.111. The van der Waals surface area contributed by atoms with Gasteiger partial charge in [-0.25, -0.2) is 0 Å². The van der Waals surface area contributed by atoms with Crippen molar-refractivity contribution in [3.05, 3.63) is 185 Å². The van der Waals surface area contributed by atoms with Crippen molar-refractivity contribution in [1.82, 2.24) is 23.8 Å². The van der Waals surface area contributed by atoms with E-state index in [9.17, 15) is 5.48 Å². The number of fused-ring (bicyclic) bond motifs is 4. The Kier molecular flexibility index (Phi) is 6.99. The molecule has 0 N–H and O–H groups in total. The van der Waals surface area contributed by atoms with Gasteiger partial charge in [0.1, 0.15) is 0 Å². The molecule has 60 heavy (non-hydrogen) atoms. The standard InChI is InChI=1S/C51H41BN6O.Pt/c1-35-25-27-53-49(29-35)57-48-33-41(23-24-42(48)45-26-28-54-58(45)52(57)5)59-40-20-14-19-39(32-40)55-34-56(47-22-13-12-21-46(47)55)50-43(36-15-8-6-9-16-36)30-38(51(2,3)4)31-44(50)37-17-10-7-11-18-37;/h6-31H,1-5H3;/q-2;/i6D,7D,8D,9D,10D,11D,15D,16D,17D,18D;. The Morgan fingerprint density at radius 1 is 0.717 bits per heavy atom. The van der Waals surface area contributed by atoms with Crippen LogP contribution in [0.5, 0.6) is 11.5 Å². The van der Waals surface area contributed by atoms with Crippen LogP contribution in [0.2, 0.25) is 6.82 Å². The van der Waals surface area contributed by atoms with Gasteiger partial charge in [-0.1, -0.05) is 0 Å². The van der Waals surface area contributed by atoms with Crippen LogP contribution < -0.4 is 9.55 Å². The average molecular weight is 970 g/mol. The van der Waals surface area contributed by atoms with E-state index in [0.29, 0.717) is 37.6 Å². The number of benzene rings is 6. The van der Waals surface area contributed by atoms with Gasteiger partial charge in [-0.2, -0.15) is 5.10 Å². The van der Waals surface area contributed by atoms with Gasteiger partial charge in [-0.3, -0.25) is 0 Å². The zero-order chi connectivity index (χ0) is 49.8. The molecular weight excluding hydrogens is 918 g/mol. The van der Waals surface area contributed by atoms with Crippen LogP contribution in [0.4, 0.5) is 11.5 Å². The molecule has 9 aromatic rings. The van der Waals surface area contributed by atoms with Crippen LogP contribution in [0.1, 0.15) is 45.6 Å². The normalized spacial score (nSPS) is 14.8. The first kappa shape index (κ1) is 28.1. The summed E-state index contributed by atoms with van der Waals surface area (Å²) in [5.41, 5.74) is 5.91. The predicted octanol–water partition coefficient (Wildman–Crippen LogP) is 12.2. The first-order valence-corrected chi connectivity index (χ1v) is 20.5. The van der Waals surface area contributed by atoms with Gasteiger partial charge >= 0.3 is 341 Å². The van der Waals surface area contributed by atoms with E-state index in [1.165, 1.54) is 0 Å². The Labute approximate surface area is 375 Å². The molecule has 1 aliphatic rings. The first-order valence-electron chi connectivity index (χ1n) is 24.3. The molecule has 0 bridgehead atoms. The zero-order valence-corrected chi connectivity index (χ0v) is 35.5. The maximum absolute atomic E-state index is 9.26. The van der Waals surface area contributed by atoms with E-state index in [2.05, 4.69) is 48.2 Å². The summed E-state index contributed by atoms with van der Waals surface area (Å²) in [5, 5.41) is 4.62. The van der Waals surface area contributed by atoms with Crippen molar-refractivity contribution >= 4 is 29.5 Å². The van der Waals surface area contributed by atoms with Crippen LogP contribution in [0.3, 0.4) is 0 Å². The molecule has 0 aliphatic carbocycles. The van der Waals surface area contributed by atoms with Gasteiger partial charge < -0.3 is 0 Å². The monoisotopic (exact) mass is 969 g/mol. The van der Waals surface area contributed by atoms with E-state index >= 15 is 0 Å². The fourth-order valence-electron chi connectivity index (χ4n) is 7.76. The van der Waals surface area contributed by atoms with Gasteiger partial charge in [0.15, 0.2) is 0 Å². The Morgan fingerprint density at radius 3 is 2.05 bits per heavy atom. The molecule has 296 valence electrons. The molecule has 3 aromatic heterocycles. The number of rotatable bonds is 7. The van der Waals surface area contributed by atoms with Crippen molar-refractivity contribution in [2.75, 3.05) is 4.81 Å². The summed E-state index contributed by atoms with van der Waals surface area (Å²) in [6, 6.07) is 28.1. The second-order valence-electron chi connectivity index (χ2n) is 15.5. The predicted molar refractivity (Wildman–Crippen MR) is 239 cm³/mol. The van der Waals surface area contributed by atoms with Gasteiger partial charge in [-0.05, 0) is 18.6 Å². The van der Waals surface area contributed by atoms with Crippen LogP contribution in [-0.2, 0) is 24.8 Å². The summed E-state index contributed by atoms with van der Waals surface area (Å²) in [6.45, 7) is 9.69. The fourth-order valence-corrected chi connectivity index (χ4v) is 8.83. The van der Waals surface area contributed by atoms with E-state index in [4.69, 9.17) is 17.9 Å². The number of aryl methyl sites for hydroxylation is 1. The molecule has 0 fully saturated rings. The first-order chi connectivity index (χ1) is 33.3. The third-order valence-electron chi connectivity index (χ3n) is 10.6. The SMILES string of the molecule is [2H]c1c([2H])c([2H])c(-c2cc(C(C)(C)C)cc(-c3c([2H])c([2H])c([2H])c([2H])c3[2H])c2-n2[c](=[Pt])n(-c3[c-]c(Oc4[c-]c5c(cc4)-c4ccnn4B(C)N5c4cc(C)ccn4)ccc3)c3ccccc32)c([2H])c1[2H]. The summed E-state index contributed by atoms with van der Waals surface area (Å²) in [5.74, 6) is 1.53. The molecule has 0 radical (unpaired) electrons. The topological polar surface area (TPSA) is 53.0 Å². The Morgan fingerprint density at radius 2 is 1.38 bits per heavy atom. The molecule has 0 unspecified atom stereocenters. The molecule has 10 rings (SSSR count). The molecule has 1 aliphatic heterocycles. The molecular formula is C51H41BN6OPt-2. The molecule has 0 saturated heterocycles. The number of anilines is 2. The zero-order valence-electron chi connectivity index (χ0n) is 43.2. The third-order valence-corrected chi connectivity index (χ3v) is 11.6. The quantitative estimate of drug-likeness (QED) is 0.118. The van der Waals surface area contributed by atoms with Crippen molar-refractivity contribution in [2.24, 2.45) is 0 Å². The van der Waals surface area contributed by atoms with Gasteiger partial charge in [0.2, 0.25) is 0 Å². The summed E-state index contributed by atoms with van der Waals surface area (Å²) in [7, 11) is 0. The second-order valence-corrected chi connectivity index (χ2v) is 16.5. The molecule has 0 spiro atoms. The van der Waals surface area contributed by atoms with Crippen LogP contribution >= 0.6 is 0 Å². The second kappa shape index (κ2) is 15.0. The molecule has 0 atom stereocenters. The van der Waals surface area contributed by atoms with Crippen LogP contribution in [0.15, 0.2) is 158 Å². The molecule has 6 aromatic carbocycles. The fraction of sp³-hybridized carbons (Fsp3) is 0.118. The van der Waals surface area contributed by atoms with Crippen molar-refractivity contribution in [3.63, 3.8) is 0 Å². The van der Waals surface area contributed by atoms with Crippen LogP contribution in [0.25, 0.3) is 55.9 Å². The number of pyridine rings is 1. The van der Waals surface area contributed by atoms with E-state index in [-0.39, 0.29) is 34.9 Å². The Hall–Kier alpha value is -6.50. The van der Waals surface area contributed by atoms with Gasteiger partial charge in [-0.15, -0.1) is 0 Å². The molecule has 0 amide bonds. The third kappa shape index (κ3) is 6.56. The summed E-state index contributed by atoms with van der Waals surface area (Å²) in [4.78, 5) is 6.79. The number of hydrogen-bond acceptors (Lipinski definition) is 4. The van der Waals surface area contributed by atoms with Crippen LogP contribution in [-0.4, -0.2) is 30.8 Å². The number of imidazole rings is 1. The molecule has 4 heterocycles. The van der Waals surface area contributed by atoms with E-state index < -0.39 is 65.8 Å². The number of nitrogens with zero attached hydrogens (tertiary/aromatic N) is 6. The maximum atomic E-state index is 9.26. The summed E-state index contributed by atoms with van der Waals surface area (Å²) in [6.07, 6.45) is 3.55. The Bertz CT molecular complexity index is 3590. The average Bonchev–Trinajstić information content (AvgIpc) is 3.94. The van der Waals surface area contributed by atoms with Crippen molar-refractivity contribution in [1.29, 1.82) is 0 Å². The molecule has 7 nitrogen and oxygen atoms in total. The van der Waals surface area contributed by atoms with Crippen LogP contribution in [0, 0.1) is 22.9 Å². The Balaban J connectivity index is 1.20. The molecule has 9 heteroatoms. The minimum atomic E-state index is -0.629. The number of para-hydroxylation sites is 2. The molecule has 0 saturated carbocycles. The van der Waals surface area contributed by atoms with Crippen molar-refractivity contribution < 1.29 is 37.8 Å². The van der Waals surface area contributed by atoms with Crippen molar-refractivity contribution in [3.8, 4) is 56.4 Å². The van der Waals surface area contributed by atoms with E-state index in [0.717, 1.165) is 28.3 Å². The number of aromatic nitrogens is 5.